The Balaban J connectivity index is 2.64. The molecule has 0 heterocycles. The number of rotatable bonds is 6. The van der Waals surface area contributed by atoms with Crippen molar-refractivity contribution in [3.8, 4) is 0 Å². The average molecular weight is 271 g/mol. The Morgan fingerprint density at radius 2 is 2.28 bits per heavy atom. The molecule has 0 amide bonds. The first-order chi connectivity index (χ1) is 8.58. The summed E-state index contributed by atoms with van der Waals surface area (Å²) in [5, 5.41) is 3.29. The molecule has 0 aliphatic carbocycles. The minimum absolute atomic E-state index is 0.0292. The number of hydrogen-bond acceptors (Lipinski definition) is 4. The Hall–Kier alpha value is -1.07. The van der Waals surface area contributed by atoms with Crippen LogP contribution in [0.4, 0.5) is 4.39 Å². The van der Waals surface area contributed by atoms with Crippen LogP contribution in [-0.4, -0.2) is 31.1 Å². The van der Waals surface area contributed by atoms with Crippen molar-refractivity contribution in [2.75, 3.05) is 19.1 Å². The maximum Gasteiger partial charge on any atom is 0.340 e. The van der Waals surface area contributed by atoms with Crippen LogP contribution in [0.3, 0.4) is 0 Å². The standard InChI is InChI=1S/C13H18FNO2S/c1-9(8-18-3)15-7-10-4-5-11(12(14)6-10)13(16)17-2/h4-6,9,15H,7-8H2,1-3H3. The van der Waals surface area contributed by atoms with Crippen LogP contribution in [0.1, 0.15) is 22.8 Å². The lowest BCUT2D eigenvalue weighted by molar-refractivity contribution is 0.0595. The molecule has 0 bridgehead atoms. The van der Waals surface area contributed by atoms with Crippen molar-refractivity contribution in [3.63, 3.8) is 0 Å². The summed E-state index contributed by atoms with van der Waals surface area (Å²) in [5.41, 5.74) is 0.784. The highest BCUT2D eigenvalue weighted by Gasteiger charge is 2.12. The number of methoxy groups -OCH3 is 1. The molecule has 1 aromatic rings. The molecule has 3 nitrogen and oxygen atoms in total. The van der Waals surface area contributed by atoms with Gasteiger partial charge in [0.15, 0.2) is 0 Å². The van der Waals surface area contributed by atoms with Crippen LogP contribution in [0.15, 0.2) is 18.2 Å². The molecule has 0 radical (unpaired) electrons. The van der Waals surface area contributed by atoms with Crippen molar-refractivity contribution in [1.29, 1.82) is 0 Å². The number of hydrogen-bond donors (Lipinski definition) is 1. The fraction of sp³-hybridized carbons (Fsp3) is 0.462. The van der Waals surface area contributed by atoms with E-state index >= 15 is 0 Å². The Bertz CT molecular complexity index is 412. The molecule has 1 aromatic carbocycles. The largest absolute Gasteiger partial charge is 0.465 e. The van der Waals surface area contributed by atoms with E-state index in [9.17, 15) is 9.18 Å². The van der Waals surface area contributed by atoms with Gasteiger partial charge in [0.2, 0.25) is 0 Å². The van der Waals surface area contributed by atoms with Crippen LogP contribution in [0, 0.1) is 5.82 Å². The van der Waals surface area contributed by atoms with E-state index in [1.165, 1.54) is 19.2 Å². The lowest BCUT2D eigenvalue weighted by atomic mass is 10.1. The zero-order valence-electron chi connectivity index (χ0n) is 10.8. The Morgan fingerprint density at radius 3 is 2.83 bits per heavy atom. The topological polar surface area (TPSA) is 38.3 Å². The summed E-state index contributed by atoms with van der Waals surface area (Å²) in [7, 11) is 1.24. The molecule has 1 N–H and O–H groups in total. The first kappa shape index (κ1) is 15.0. The monoisotopic (exact) mass is 271 g/mol. The number of carbonyl (C=O) groups excluding carboxylic acids is 1. The van der Waals surface area contributed by atoms with E-state index in [1.807, 2.05) is 6.26 Å². The third kappa shape index (κ3) is 4.31. The Labute approximate surface area is 111 Å². The Morgan fingerprint density at radius 1 is 1.56 bits per heavy atom. The zero-order valence-corrected chi connectivity index (χ0v) is 11.6. The highest BCUT2D eigenvalue weighted by molar-refractivity contribution is 7.98. The van der Waals surface area contributed by atoms with Gasteiger partial charge < -0.3 is 10.1 Å². The van der Waals surface area contributed by atoms with E-state index < -0.39 is 11.8 Å². The minimum atomic E-state index is -0.650. The second kappa shape index (κ2) is 7.38. The summed E-state index contributed by atoms with van der Waals surface area (Å²) in [5.74, 6) is -0.190. The van der Waals surface area contributed by atoms with Crippen molar-refractivity contribution in [2.45, 2.75) is 19.5 Å². The molecule has 1 atom stereocenters. The molecule has 0 fully saturated rings. The number of halogens is 1. The summed E-state index contributed by atoms with van der Waals surface area (Å²) < 4.78 is 18.1. The van der Waals surface area contributed by atoms with E-state index in [0.29, 0.717) is 12.6 Å². The second-order valence-electron chi connectivity index (χ2n) is 4.04. The van der Waals surface area contributed by atoms with E-state index in [2.05, 4.69) is 17.0 Å². The zero-order chi connectivity index (χ0) is 13.5. The molecule has 1 rings (SSSR count). The normalized spacial score (nSPS) is 12.2. The van der Waals surface area contributed by atoms with E-state index in [4.69, 9.17) is 0 Å². The fourth-order valence-corrected chi connectivity index (χ4v) is 2.16. The minimum Gasteiger partial charge on any atom is -0.465 e. The van der Waals surface area contributed by atoms with Crippen molar-refractivity contribution in [1.82, 2.24) is 5.32 Å². The van der Waals surface area contributed by atoms with Crippen molar-refractivity contribution in [2.24, 2.45) is 0 Å². The number of esters is 1. The molecular weight excluding hydrogens is 253 g/mol. The van der Waals surface area contributed by atoms with Gasteiger partial charge in [-0.15, -0.1) is 0 Å². The SMILES string of the molecule is COC(=O)c1ccc(CNC(C)CSC)cc1F. The lowest BCUT2D eigenvalue weighted by Gasteiger charge is -2.12. The van der Waals surface area contributed by atoms with Crippen LogP contribution in [0.25, 0.3) is 0 Å². The van der Waals surface area contributed by atoms with Gasteiger partial charge in [-0.1, -0.05) is 6.07 Å². The molecule has 1 unspecified atom stereocenters. The molecule has 100 valence electrons. The summed E-state index contributed by atoms with van der Waals surface area (Å²) >= 11 is 1.76. The van der Waals surface area contributed by atoms with Crippen LogP contribution >= 0.6 is 11.8 Å². The average Bonchev–Trinajstić information content (AvgIpc) is 2.36. The molecule has 0 aliphatic heterocycles. The molecule has 18 heavy (non-hydrogen) atoms. The highest BCUT2D eigenvalue weighted by Crippen LogP contribution is 2.12. The quantitative estimate of drug-likeness (QED) is 0.807. The summed E-state index contributed by atoms with van der Waals surface area (Å²) in [6.45, 7) is 2.66. The van der Waals surface area contributed by atoms with Gasteiger partial charge in [0.05, 0.1) is 12.7 Å². The van der Waals surface area contributed by atoms with Crippen LogP contribution in [0.5, 0.6) is 0 Å². The highest BCUT2D eigenvalue weighted by atomic mass is 32.2. The summed E-state index contributed by atoms with van der Waals surface area (Å²) in [4.78, 5) is 11.2. The molecule has 0 spiro atoms. The van der Waals surface area contributed by atoms with Crippen LogP contribution in [0.2, 0.25) is 0 Å². The number of carbonyl (C=O) groups is 1. The summed E-state index contributed by atoms with van der Waals surface area (Å²) in [6.07, 6.45) is 2.04. The maximum absolute atomic E-state index is 13.6. The summed E-state index contributed by atoms with van der Waals surface area (Å²) in [6, 6.07) is 4.92. The first-order valence-corrected chi connectivity index (χ1v) is 7.07. The van der Waals surface area contributed by atoms with Gasteiger partial charge in [-0.25, -0.2) is 9.18 Å². The van der Waals surface area contributed by atoms with Gasteiger partial charge in [0, 0.05) is 18.3 Å². The van der Waals surface area contributed by atoms with Crippen molar-refractivity contribution in [3.05, 3.63) is 35.1 Å². The van der Waals surface area contributed by atoms with E-state index in [0.717, 1.165) is 11.3 Å². The molecule has 0 saturated heterocycles. The van der Waals surface area contributed by atoms with Crippen LogP contribution in [-0.2, 0) is 11.3 Å². The third-order valence-electron chi connectivity index (χ3n) is 2.51. The van der Waals surface area contributed by atoms with Crippen molar-refractivity contribution < 1.29 is 13.9 Å². The molecule has 0 aliphatic rings. The second-order valence-corrected chi connectivity index (χ2v) is 4.95. The molecule has 0 aromatic heterocycles. The maximum atomic E-state index is 13.6. The molecule has 0 saturated carbocycles. The van der Waals surface area contributed by atoms with Crippen LogP contribution < -0.4 is 5.32 Å². The fourth-order valence-electron chi connectivity index (χ4n) is 1.55. The van der Waals surface area contributed by atoms with Gasteiger partial charge >= 0.3 is 5.97 Å². The van der Waals surface area contributed by atoms with Crippen molar-refractivity contribution >= 4 is 17.7 Å². The third-order valence-corrected chi connectivity index (χ3v) is 3.34. The van der Waals surface area contributed by atoms with Gasteiger partial charge in [0.25, 0.3) is 0 Å². The predicted molar refractivity (Wildman–Crippen MR) is 72.4 cm³/mol. The number of ether oxygens (including phenoxy) is 1. The van der Waals surface area contributed by atoms with Gasteiger partial charge in [-0.2, -0.15) is 11.8 Å². The molecule has 5 heteroatoms. The first-order valence-electron chi connectivity index (χ1n) is 5.67. The lowest BCUT2D eigenvalue weighted by Crippen LogP contribution is -2.27. The van der Waals surface area contributed by atoms with Gasteiger partial charge in [-0.3, -0.25) is 0 Å². The van der Waals surface area contributed by atoms with E-state index in [-0.39, 0.29) is 5.56 Å². The molecular formula is C13H18FNO2S. The van der Waals surface area contributed by atoms with Gasteiger partial charge in [-0.05, 0) is 30.9 Å². The van der Waals surface area contributed by atoms with Gasteiger partial charge in [0.1, 0.15) is 5.82 Å². The van der Waals surface area contributed by atoms with E-state index in [1.54, 1.807) is 17.8 Å². The predicted octanol–water partition coefficient (Wildman–Crippen LogP) is 2.45. The number of nitrogens with one attached hydrogen (secondary N) is 1. The smallest absolute Gasteiger partial charge is 0.340 e. The Kier molecular flexibility index (Phi) is 6.15. The number of thioether (sulfide) groups is 1. The number of benzene rings is 1.